The van der Waals surface area contributed by atoms with Crippen LogP contribution in [0, 0.1) is 28.4 Å². The van der Waals surface area contributed by atoms with E-state index in [9.17, 15) is 15.4 Å². The van der Waals surface area contributed by atoms with Gasteiger partial charge in [-0.2, -0.15) is 5.26 Å². The zero-order valence-corrected chi connectivity index (χ0v) is 16.0. The maximum Gasteiger partial charge on any atom is 0.296 e. The Kier molecular flexibility index (Phi) is 5.67. The third kappa shape index (κ3) is 4.16. The van der Waals surface area contributed by atoms with E-state index in [4.69, 9.17) is 4.74 Å². The second kappa shape index (κ2) is 8.33. The Morgan fingerprint density at radius 1 is 1.32 bits per heavy atom. The molecule has 0 amide bonds. The van der Waals surface area contributed by atoms with E-state index >= 15 is 0 Å². The smallest absolute Gasteiger partial charge is 0.296 e. The van der Waals surface area contributed by atoms with E-state index in [2.05, 4.69) is 16.4 Å². The van der Waals surface area contributed by atoms with E-state index in [-0.39, 0.29) is 16.9 Å². The van der Waals surface area contributed by atoms with Crippen LogP contribution in [0.25, 0.3) is 16.8 Å². The standard InChI is InChI=1S/C20H16N4O3S/c1-13-3-5-14(6-4-13)18-12-28-20(23-18)15(10-21)11-22-17-8-7-16(27-2)9-19(17)24(25)26/h3-9,11-12,22H,1-2H3. The SMILES string of the molecule is COc1ccc(NC=C(C#N)c2nc(-c3ccc(C)cc3)cs2)c([N+](=O)[O-])c1. The van der Waals surface area contributed by atoms with Crippen LogP contribution in [0.15, 0.2) is 54.0 Å². The highest BCUT2D eigenvalue weighted by Gasteiger charge is 2.15. The van der Waals surface area contributed by atoms with Crippen LogP contribution in [0.1, 0.15) is 10.6 Å². The minimum Gasteiger partial charge on any atom is -0.496 e. The Labute approximate surface area is 165 Å². The predicted octanol–water partition coefficient (Wildman–Crippen LogP) is 5.01. The maximum absolute atomic E-state index is 11.3. The second-order valence-corrected chi connectivity index (χ2v) is 6.72. The molecule has 0 fully saturated rings. The Hall–Kier alpha value is -3.70. The van der Waals surface area contributed by atoms with Crippen molar-refractivity contribution in [2.75, 3.05) is 12.4 Å². The quantitative estimate of drug-likeness (QED) is 0.359. The summed E-state index contributed by atoms with van der Waals surface area (Å²) in [6.07, 6.45) is 1.42. The summed E-state index contributed by atoms with van der Waals surface area (Å²) < 4.78 is 5.02. The van der Waals surface area contributed by atoms with Crippen molar-refractivity contribution in [3.8, 4) is 23.1 Å². The largest absolute Gasteiger partial charge is 0.496 e. The number of aryl methyl sites for hydroxylation is 1. The highest BCUT2D eigenvalue weighted by Crippen LogP contribution is 2.30. The molecule has 0 bridgehead atoms. The first-order valence-electron chi connectivity index (χ1n) is 8.24. The van der Waals surface area contributed by atoms with Gasteiger partial charge >= 0.3 is 0 Å². The molecule has 3 aromatic rings. The van der Waals surface area contributed by atoms with Gasteiger partial charge in [0.2, 0.25) is 0 Å². The van der Waals surface area contributed by atoms with Crippen LogP contribution < -0.4 is 10.1 Å². The number of hydrogen-bond donors (Lipinski definition) is 1. The van der Waals surface area contributed by atoms with Gasteiger partial charge in [-0.1, -0.05) is 29.8 Å². The maximum atomic E-state index is 11.3. The molecular formula is C20H16N4O3S. The third-order valence-corrected chi connectivity index (χ3v) is 4.85. The number of nitriles is 1. The summed E-state index contributed by atoms with van der Waals surface area (Å²) in [5, 5.41) is 26.0. The molecule has 28 heavy (non-hydrogen) atoms. The van der Waals surface area contributed by atoms with Crippen molar-refractivity contribution < 1.29 is 9.66 Å². The summed E-state index contributed by atoms with van der Waals surface area (Å²) in [7, 11) is 1.44. The van der Waals surface area contributed by atoms with Crippen LogP contribution in [0.5, 0.6) is 5.75 Å². The van der Waals surface area contributed by atoms with Crippen molar-refractivity contribution in [3.63, 3.8) is 0 Å². The lowest BCUT2D eigenvalue weighted by molar-refractivity contribution is -0.384. The molecule has 2 aromatic carbocycles. The number of nitro groups is 1. The summed E-state index contributed by atoms with van der Waals surface area (Å²) in [5.41, 5.74) is 3.29. The van der Waals surface area contributed by atoms with E-state index in [0.717, 1.165) is 16.8 Å². The van der Waals surface area contributed by atoms with Gasteiger partial charge in [0, 0.05) is 17.1 Å². The number of nitrogens with one attached hydrogen (secondary N) is 1. The van der Waals surface area contributed by atoms with Crippen LogP contribution >= 0.6 is 11.3 Å². The topological polar surface area (TPSA) is 101 Å². The van der Waals surface area contributed by atoms with Crippen LogP contribution in [0.4, 0.5) is 11.4 Å². The molecule has 0 saturated heterocycles. The number of ether oxygens (including phenoxy) is 1. The molecule has 0 aliphatic heterocycles. The average Bonchev–Trinajstić information content (AvgIpc) is 3.19. The summed E-state index contributed by atoms with van der Waals surface area (Å²) in [6.45, 7) is 2.01. The van der Waals surface area contributed by atoms with Gasteiger partial charge in [-0.3, -0.25) is 10.1 Å². The lowest BCUT2D eigenvalue weighted by Gasteiger charge is -2.05. The normalized spacial score (nSPS) is 11.0. The predicted molar refractivity (Wildman–Crippen MR) is 109 cm³/mol. The van der Waals surface area contributed by atoms with Crippen LogP contribution in [-0.2, 0) is 0 Å². The van der Waals surface area contributed by atoms with Gasteiger partial charge in [0.1, 0.15) is 28.1 Å². The highest BCUT2D eigenvalue weighted by atomic mass is 32.1. The van der Waals surface area contributed by atoms with Crippen molar-refractivity contribution in [1.82, 2.24) is 4.98 Å². The van der Waals surface area contributed by atoms with E-state index < -0.39 is 4.92 Å². The first-order valence-corrected chi connectivity index (χ1v) is 9.12. The first kappa shape index (κ1) is 19.1. The summed E-state index contributed by atoms with van der Waals surface area (Å²) in [5.74, 6) is 0.379. The van der Waals surface area contributed by atoms with Gasteiger partial charge in [-0.05, 0) is 19.1 Å². The van der Waals surface area contributed by atoms with E-state index in [0.29, 0.717) is 10.8 Å². The number of allylic oxidation sites excluding steroid dienone is 1. The Bertz CT molecular complexity index is 1080. The number of aromatic nitrogens is 1. The zero-order valence-electron chi connectivity index (χ0n) is 15.2. The molecule has 0 aliphatic carbocycles. The molecule has 1 heterocycles. The van der Waals surface area contributed by atoms with Gasteiger partial charge in [0.25, 0.3) is 5.69 Å². The summed E-state index contributed by atoms with van der Waals surface area (Å²) >= 11 is 1.34. The van der Waals surface area contributed by atoms with Crippen molar-refractivity contribution in [2.45, 2.75) is 6.92 Å². The minimum absolute atomic E-state index is 0.146. The number of rotatable bonds is 6. The lowest BCUT2D eigenvalue weighted by atomic mass is 10.1. The van der Waals surface area contributed by atoms with Crippen molar-refractivity contribution in [3.05, 3.63) is 74.7 Å². The fourth-order valence-corrected chi connectivity index (χ4v) is 3.25. The number of thiazole rings is 1. The van der Waals surface area contributed by atoms with Crippen LogP contribution in [0.2, 0.25) is 0 Å². The molecule has 1 N–H and O–H groups in total. The van der Waals surface area contributed by atoms with Crippen molar-refractivity contribution in [2.24, 2.45) is 0 Å². The van der Waals surface area contributed by atoms with E-state index in [1.54, 1.807) is 6.07 Å². The monoisotopic (exact) mass is 392 g/mol. The molecule has 0 saturated carbocycles. The fourth-order valence-electron chi connectivity index (χ4n) is 2.46. The van der Waals surface area contributed by atoms with Gasteiger partial charge in [-0.15, -0.1) is 11.3 Å². The van der Waals surface area contributed by atoms with E-state index in [1.165, 1.54) is 36.8 Å². The van der Waals surface area contributed by atoms with E-state index in [1.807, 2.05) is 36.6 Å². The van der Waals surface area contributed by atoms with Gasteiger partial charge in [-0.25, -0.2) is 4.98 Å². The lowest BCUT2D eigenvalue weighted by Crippen LogP contribution is -1.98. The molecule has 0 atom stereocenters. The number of nitrogens with zero attached hydrogens (tertiary/aromatic N) is 3. The van der Waals surface area contributed by atoms with Gasteiger partial charge < -0.3 is 10.1 Å². The second-order valence-electron chi connectivity index (χ2n) is 5.86. The fraction of sp³-hybridized carbons (Fsp3) is 0.100. The first-order chi connectivity index (χ1) is 13.5. The molecule has 8 heteroatoms. The molecule has 0 spiro atoms. The average molecular weight is 392 g/mol. The molecule has 0 aliphatic rings. The van der Waals surface area contributed by atoms with Gasteiger partial charge in [0.15, 0.2) is 0 Å². The Morgan fingerprint density at radius 2 is 2.07 bits per heavy atom. The molecule has 0 radical (unpaired) electrons. The summed E-state index contributed by atoms with van der Waals surface area (Å²) in [6, 6.07) is 14.5. The zero-order chi connectivity index (χ0) is 20.1. The Morgan fingerprint density at radius 3 is 2.71 bits per heavy atom. The number of anilines is 1. The van der Waals surface area contributed by atoms with Gasteiger partial charge in [0.05, 0.1) is 23.8 Å². The number of benzene rings is 2. The number of hydrogen-bond acceptors (Lipinski definition) is 7. The Balaban J connectivity index is 1.87. The molecule has 7 nitrogen and oxygen atoms in total. The van der Waals surface area contributed by atoms with Crippen LogP contribution in [-0.4, -0.2) is 17.0 Å². The van der Waals surface area contributed by atoms with Crippen molar-refractivity contribution >= 4 is 28.3 Å². The highest BCUT2D eigenvalue weighted by molar-refractivity contribution is 7.11. The molecule has 0 unspecified atom stereocenters. The van der Waals surface area contributed by atoms with Crippen LogP contribution in [0.3, 0.4) is 0 Å². The third-order valence-electron chi connectivity index (χ3n) is 3.98. The minimum atomic E-state index is -0.510. The molecule has 1 aromatic heterocycles. The molecule has 3 rings (SSSR count). The van der Waals surface area contributed by atoms with Crippen molar-refractivity contribution in [1.29, 1.82) is 5.26 Å². The summed E-state index contributed by atoms with van der Waals surface area (Å²) in [4.78, 5) is 15.3. The molecule has 140 valence electrons. The molecular weight excluding hydrogens is 376 g/mol. The number of nitro benzene ring substituents is 1. The number of methoxy groups -OCH3 is 1.